The topological polar surface area (TPSA) is 32.3 Å². The Kier molecular flexibility index (Phi) is 4.27. The van der Waals surface area contributed by atoms with Crippen molar-refractivity contribution in [2.45, 2.75) is 19.9 Å². The third-order valence-corrected chi connectivity index (χ3v) is 5.08. The van der Waals surface area contributed by atoms with Crippen LogP contribution in [0, 0.1) is 12.7 Å². The molecule has 1 amide bonds. The van der Waals surface area contributed by atoms with E-state index in [-0.39, 0.29) is 17.8 Å². The van der Waals surface area contributed by atoms with Gasteiger partial charge in [-0.1, -0.05) is 12.1 Å². The molecule has 1 fully saturated rings. The molecule has 0 saturated carbocycles. The smallest absolute Gasteiger partial charge is 0.264 e. The molecule has 0 bridgehead atoms. The molecule has 1 atom stereocenters. The lowest BCUT2D eigenvalue weighted by molar-refractivity contribution is 0.0661. The van der Waals surface area contributed by atoms with Gasteiger partial charge in [0.15, 0.2) is 0 Å². The number of carbonyl (C=O) groups excluding carboxylic acids is 1. The fourth-order valence-electron chi connectivity index (χ4n) is 2.79. The van der Waals surface area contributed by atoms with E-state index in [2.05, 4.69) is 12.2 Å². The predicted octanol–water partition coefficient (Wildman–Crippen LogP) is 3.30. The Balaban J connectivity index is 1.88. The van der Waals surface area contributed by atoms with Gasteiger partial charge in [0, 0.05) is 30.6 Å². The number of thiophene rings is 1. The third-order valence-electron chi connectivity index (χ3n) is 4.05. The highest BCUT2D eigenvalue weighted by Gasteiger charge is 2.25. The van der Waals surface area contributed by atoms with Gasteiger partial charge in [-0.2, -0.15) is 0 Å². The van der Waals surface area contributed by atoms with Gasteiger partial charge in [-0.3, -0.25) is 4.79 Å². The van der Waals surface area contributed by atoms with Crippen LogP contribution in [0.1, 0.15) is 21.5 Å². The Morgan fingerprint density at radius 2 is 2.09 bits per heavy atom. The van der Waals surface area contributed by atoms with E-state index in [0.717, 1.165) is 40.5 Å². The molecule has 3 rings (SSSR count). The van der Waals surface area contributed by atoms with Gasteiger partial charge < -0.3 is 10.2 Å². The Morgan fingerprint density at radius 3 is 2.77 bits per heavy atom. The highest BCUT2D eigenvalue weighted by molar-refractivity contribution is 7.14. The number of piperazine rings is 1. The molecule has 0 unspecified atom stereocenters. The number of hydrogen-bond acceptors (Lipinski definition) is 3. The number of nitrogens with zero attached hydrogens (tertiary/aromatic N) is 1. The van der Waals surface area contributed by atoms with Crippen molar-refractivity contribution in [2.75, 3.05) is 19.6 Å². The maximum atomic E-state index is 13.1. The first-order chi connectivity index (χ1) is 10.6. The highest BCUT2D eigenvalue weighted by Crippen LogP contribution is 2.32. The minimum Gasteiger partial charge on any atom is -0.333 e. The lowest BCUT2D eigenvalue weighted by Crippen LogP contribution is -2.52. The van der Waals surface area contributed by atoms with E-state index < -0.39 is 0 Å². The van der Waals surface area contributed by atoms with Gasteiger partial charge in [0.1, 0.15) is 5.82 Å². The first-order valence-corrected chi connectivity index (χ1v) is 8.26. The molecule has 0 aliphatic carbocycles. The molecular formula is C17H19FN2OS. The van der Waals surface area contributed by atoms with E-state index in [0.29, 0.717) is 0 Å². The summed E-state index contributed by atoms with van der Waals surface area (Å²) in [4.78, 5) is 16.5. The maximum Gasteiger partial charge on any atom is 0.264 e. The van der Waals surface area contributed by atoms with E-state index in [1.54, 1.807) is 12.1 Å². The molecule has 0 spiro atoms. The van der Waals surface area contributed by atoms with Crippen molar-refractivity contribution >= 4 is 17.2 Å². The van der Waals surface area contributed by atoms with Gasteiger partial charge >= 0.3 is 0 Å². The van der Waals surface area contributed by atoms with Gasteiger partial charge in [-0.15, -0.1) is 11.3 Å². The second-order valence-corrected chi connectivity index (χ2v) is 6.90. The zero-order valence-corrected chi connectivity index (χ0v) is 13.5. The van der Waals surface area contributed by atoms with E-state index in [1.165, 1.54) is 23.5 Å². The van der Waals surface area contributed by atoms with Crippen molar-refractivity contribution in [1.29, 1.82) is 0 Å². The lowest BCUT2D eigenvalue weighted by Gasteiger charge is -2.33. The van der Waals surface area contributed by atoms with Crippen LogP contribution in [0.15, 0.2) is 30.3 Å². The number of nitrogens with one attached hydrogen (secondary N) is 1. The molecule has 5 heteroatoms. The summed E-state index contributed by atoms with van der Waals surface area (Å²) in [6, 6.07) is 8.55. The molecule has 116 valence electrons. The van der Waals surface area contributed by atoms with Crippen molar-refractivity contribution in [3.63, 3.8) is 0 Å². The Morgan fingerprint density at radius 1 is 1.36 bits per heavy atom. The summed E-state index contributed by atoms with van der Waals surface area (Å²) in [7, 11) is 0. The molecular weight excluding hydrogens is 299 g/mol. The number of hydrogen-bond donors (Lipinski definition) is 1. The van der Waals surface area contributed by atoms with Gasteiger partial charge in [0.05, 0.1) is 4.88 Å². The molecule has 2 heterocycles. The molecule has 1 aromatic carbocycles. The highest BCUT2D eigenvalue weighted by atomic mass is 32.1. The Bertz CT molecular complexity index is 680. The van der Waals surface area contributed by atoms with Gasteiger partial charge in [-0.25, -0.2) is 4.39 Å². The zero-order valence-electron chi connectivity index (χ0n) is 12.7. The van der Waals surface area contributed by atoms with Crippen molar-refractivity contribution in [1.82, 2.24) is 10.2 Å². The maximum absolute atomic E-state index is 13.1. The first kappa shape index (κ1) is 15.2. The van der Waals surface area contributed by atoms with Crippen molar-refractivity contribution in [3.05, 3.63) is 45.9 Å². The largest absolute Gasteiger partial charge is 0.333 e. The van der Waals surface area contributed by atoms with Crippen LogP contribution in [0.2, 0.25) is 0 Å². The van der Waals surface area contributed by atoms with Crippen LogP contribution in [-0.4, -0.2) is 36.5 Å². The van der Waals surface area contributed by atoms with Crippen LogP contribution in [0.4, 0.5) is 4.39 Å². The SMILES string of the molecule is Cc1sc(C(=O)N2CCNC[C@H]2C)cc1-c1ccc(F)cc1. The Hall–Kier alpha value is -1.72. The fourth-order valence-corrected chi connectivity index (χ4v) is 3.79. The average molecular weight is 318 g/mol. The summed E-state index contributed by atoms with van der Waals surface area (Å²) < 4.78 is 13.1. The van der Waals surface area contributed by atoms with Crippen LogP contribution in [0.3, 0.4) is 0 Å². The second kappa shape index (κ2) is 6.18. The number of aryl methyl sites for hydroxylation is 1. The summed E-state index contributed by atoms with van der Waals surface area (Å²) in [5.41, 5.74) is 1.96. The third kappa shape index (κ3) is 2.91. The molecule has 22 heavy (non-hydrogen) atoms. The number of rotatable bonds is 2. The molecule has 1 aliphatic rings. The van der Waals surface area contributed by atoms with Crippen molar-refractivity contribution in [2.24, 2.45) is 0 Å². The summed E-state index contributed by atoms with van der Waals surface area (Å²) >= 11 is 1.51. The van der Waals surface area contributed by atoms with Crippen molar-refractivity contribution < 1.29 is 9.18 Å². The number of halogens is 1. The summed E-state index contributed by atoms with van der Waals surface area (Å²) in [5.74, 6) is -0.155. The van der Waals surface area contributed by atoms with E-state index in [4.69, 9.17) is 0 Å². The van der Waals surface area contributed by atoms with Crippen LogP contribution in [0.5, 0.6) is 0 Å². The normalized spacial score (nSPS) is 18.5. The number of carbonyl (C=O) groups is 1. The second-order valence-electron chi connectivity index (χ2n) is 5.64. The fraction of sp³-hybridized carbons (Fsp3) is 0.353. The summed E-state index contributed by atoms with van der Waals surface area (Å²) in [5, 5.41) is 3.29. The zero-order chi connectivity index (χ0) is 15.7. The summed E-state index contributed by atoms with van der Waals surface area (Å²) in [6.07, 6.45) is 0. The predicted molar refractivity (Wildman–Crippen MR) is 87.8 cm³/mol. The molecule has 1 N–H and O–H groups in total. The summed E-state index contributed by atoms with van der Waals surface area (Å²) in [6.45, 7) is 6.47. The molecule has 2 aromatic rings. The first-order valence-electron chi connectivity index (χ1n) is 7.44. The lowest BCUT2D eigenvalue weighted by atomic mass is 10.1. The standard InChI is InChI=1S/C17H19FN2OS/c1-11-10-19-7-8-20(11)17(21)16-9-15(12(2)22-16)13-3-5-14(18)6-4-13/h3-6,9,11,19H,7-8,10H2,1-2H3/t11-/m1/s1. The average Bonchev–Trinajstić information content (AvgIpc) is 2.90. The molecule has 1 aromatic heterocycles. The minimum atomic E-state index is -0.248. The van der Waals surface area contributed by atoms with Crippen LogP contribution in [0.25, 0.3) is 11.1 Å². The van der Waals surface area contributed by atoms with E-state index in [1.807, 2.05) is 17.9 Å². The van der Waals surface area contributed by atoms with E-state index >= 15 is 0 Å². The number of amides is 1. The Labute approximate surface area is 133 Å². The van der Waals surface area contributed by atoms with Crippen LogP contribution in [-0.2, 0) is 0 Å². The van der Waals surface area contributed by atoms with Crippen molar-refractivity contribution in [3.8, 4) is 11.1 Å². The van der Waals surface area contributed by atoms with Crippen LogP contribution < -0.4 is 5.32 Å². The molecule has 1 saturated heterocycles. The number of benzene rings is 1. The van der Waals surface area contributed by atoms with Gasteiger partial charge in [-0.05, 0) is 43.2 Å². The quantitative estimate of drug-likeness (QED) is 0.921. The van der Waals surface area contributed by atoms with Crippen LogP contribution >= 0.6 is 11.3 Å². The minimum absolute atomic E-state index is 0.0930. The molecule has 0 radical (unpaired) electrons. The van der Waals surface area contributed by atoms with Gasteiger partial charge in [0.2, 0.25) is 0 Å². The molecule has 3 nitrogen and oxygen atoms in total. The monoisotopic (exact) mass is 318 g/mol. The molecule has 1 aliphatic heterocycles. The van der Waals surface area contributed by atoms with Gasteiger partial charge in [0.25, 0.3) is 5.91 Å². The van der Waals surface area contributed by atoms with E-state index in [9.17, 15) is 9.18 Å².